The quantitative estimate of drug-likeness (QED) is 0.831. The van der Waals surface area contributed by atoms with Gasteiger partial charge in [-0.3, -0.25) is 4.79 Å². The van der Waals surface area contributed by atoms with Crippen LogP contribution in [0.2, 0.25) is 0 Å². The van der Waals surface area contributed by atoms with E-state index in [0.717, 1.165) is 18.7 Å². The Morgan fingerprint density at radius 1 is 1.20 bits per heavy atom. The minimum Gasteiger partial charge on any atom is -0.326 e. The van der Waals surface area contributed by atoms with Crippen LogP contribution >= 0.6 is 0 Å². The van der Waals surface area contributed by atoms with Crippen molar-refractivity contribution in [3.63, 3.8) is 0 Å². The van der Waals surface area contributed by atoms with Crippen molar-refractivity contribution in [2.24, 2.45) is 5.92 Å². The van der Waals surface area contributed by atoms with Crippen LogP contribution in [0.15, 0.2) is 18.2 Å². The minimum atomic E-state index is 0.133. The molecular weight excluding hydrogens is 248 g/mol. The second-order valence-electron chi connectivity index (χ2n) is 5.58. The average molecular weight is 274 g/mol. The molecule has 0 saturated carbocycles. The van der Waals surface area contributed by atoms with Gasteiger partial charge in [0.15, 0.2) is 0 Å². The topological polar surface area (TPSA) is 41.1 Å². The summed E-state index contributed by atoms with van der Waals surface area (Å²) < 4.78 is 0. The van der Waals surface area contributed by atoms with Crippen LogP contribution in [0.4, 0.5) is 5.69 Å². The van der Waals surface area contributed by atoms with Crippen molar-refractivity contribution in [2.45, 2.75) is 52.5 Å². The molecule has 0 radical (unpaired) electrons. The Morgan fingerprint density at radius 3 is 2.60 bits per heavy atom. The lowest BCUT2D eigenvalue weighted by molar-refractivity contribution is -0.116. The highest BCUT2D eigenvalue weighted by Gasteiger charge is 2.22. The van der Waals surface area contributed by atoms with Gasteiger partial charge in [0, 0.05) is 18.2 Å². The van der Waals surface area contributed by atoms with E-state index in [9.17, 15) is 4.79 Å². The molecule has 1 aliphatic rings. The number of hydrogen-bond donors (Lipinski definition) is 2. The molecule has 1 unspecified atom stereocenters. The van der Waals surface area contributed by atoms with Crippen LogP contribution in [0.25, 0.3) is 0 Å². The molecule has 3 heteroatoms. The van der Waals surface area contributed by atoms with Crippen LogP contribution in [0, 0.1) is 5.92 Å². The number of benzene rings is 1. The van der Waals surface area contributed by atoms with E-state index in [1.165, 1.54) is 24.0 Å². The first kappa shape index (κ1) is 15.0. The van der Waals surface area contributed by atoms with Crippen molar-refractivity contribution >= 4 is 11.6 Å². The Bertz CT molecular complexity index is 466. The van der Waals surface area contributed by atoms with Gasteiger partial charge in [-0.15, -0.1) is 0 Å². The first-order valence-corrected chi connectivity index (χ1v) is 7.85. The van der Waals surface area contributed by atoms with Crippen molar-refractivity contribution in [1.29, 1.82) is 0 Å². The van der Waals surface area contributed by atoms with Crippen LogP contribution in [0.1, 0.15) is 57.2 Å². The standard InChI is InChI=1S/C17H26N2O/c1-4-12(5-2)17(18-6-3)14-7-9-15-13(11-14)8-10-16(20)19-15/h7,9,11-12,17-18H,4-6,8,10H2,1-3H3,(H,19,20). The predicted octanol–water partition coefficient (Wildman–Crippen LogP) is 3.66. The minimum absolute atomic E-state index is 0.133. The summed E-state index contributed by atoms with van der Waals surface area (Å²) >= 11 is 0. The number of aryl methyl sites for hydroxylation is 1. The van der Waals surface area contributed by atoms with Gasteiger partial charge >= 0.3 is 0 Å². The molecule has 1 heterocycles. The van der Waals surface area contributed by atoms with Gasteiger partial charge in [0.05, 0.1) is 0 Å². The molecule has 1 atom stereocenters. The molecule has 2 N–H and O–H groups in total. The zero-order chi connectivity index (χ0) is 14.5. The summed E-state index contributed by atoms with van der Waals surface area (Å²) in [7, 11) is 0. The number of rotatable bonds is 6. The molecule has 1 amide bonds. The van der Waals surface area contributed by atoms with E-state index in [-0.39, 0.29) is 5.91 Å². The Hall–Kier alpha value is -1.35. The number of amides is 1. The van der Waals surface area contributed by atoms with Crippen molar-refractivity contribution in [2.75, 3.05) is 11.9 Å². The molecular formula is C17H26N2O. The van der Waals surface area contributed by atoms with Crippen LogP contribution in [0.3, 0.4) is 0 Å². The summed E-state index contributed by atoms with van der Waals surface area (Å²) in [5.41, 5.74) is 3.62. The number of hydrogen-bond acceptors (Lipinski definition) is 2. The van der Waals surface area contributed by atoms with Gasteiger partial charge in [-0.1, -0.05) is 45.7 Å². The summed E-state index contributed by atoms with van der Waals surface area (Å²) in [6.07, 6.45) is 3.83. The largest absolute Gasteiger partial charge is 0.326 e. The predicted molar refractivity (Wildman–Crippen MR) is 83.9 cm³/mol. The van der Waals surface area contributed by atoms with E-state index in [2.05, 4.69) is 49.6 Å². The molecule has 2 rings (SSSR count). The summed E-state index contributed by atoms with van der Waals surface area (Å²) in [5, 5.41) is 6.58. The SMILES string of the molecule is CCNC(c1ccc2c(c1)CCC(=O)N2)C(CC)CC. The first-order chi connectivity index (χ1) is 9.69. The molecule has 3 nitrogen and oxygen atoms in total. The second kappa shape index (κ2) is 6.89. The summed E-state index contributed by atoms with van der Waals surface area (Å²) in [6.45, 7) is 7.66. The van der Waals surface area contributed by atoms with Gasteiger partial charge in [-0.2, -0.15) is 0 Å². The highest BCUT2D eigenvalue weighted by atomic mass is 16.1. The Kier molecular flexibility index (Phi) is 5.18. The third kappa shape index (κ3) is 3.21. The first-order valence-electron chi connectivity index (χ1n) is 7.85. The van der Waals surface area contributed by atoms with Crippen molar-refractivity contribution in [3.05, 3.63) is 29.3 Å². The van der Waals surface area contributed by atoms with E-state index in [4.69, 9.17) is 0 Å². The maximum absolute atomic E-state index is 11.4. The Morgan fingerprint density at radius 2 is 1.95 bits per heavy atom. The number of fused-ring (bicyclic) bond motifs is 1. The third-order valence-electron chi connectivity index (χ3n) is 4.33. The van der Waals surface area contributed by atoms with E-state index >= 15 is 0 Å². The maximum Gasteiger partial charge on any atom is 0.224 e. The highest BCUT2D eigenvalue weighted by Crippen LogP contribution is 2.31. The molecule has 0 saturated heterocycles. The Labute approximate surface area is 122 Å². The molecule has 0 spiro atoms. The van der Waals surface area contributed by atoms with Crippen molar-refractivity contribution in [1.82, 2.24) is 5.32 Å². The lowest BCUT2D eigenvalue weighted by Gasteiger charge is -2.28. The number of carbonyl (C=O) groups excluding carboxylic acids is 1. The van der Waals surface area contributed by atoms with Gasteiger partial charge in [0.1, 0.15) is 0 Å². The average Bonchev–Trinajstić information content (AvgIpc) is 2.47. The number of carbonyl (C=O) groups is 1. The monoisotopic (exact) mass is 274 g/mol. The van der Waals surface area contributed by atoms with E-state index in [1.54, 1.807) is 0 Å². The lowest BCUT2D eigenvalue weighted by atomic mass is 9.87. The van der Waals surface area contributed by atoms with Gasteiger partial charge in [0.2, 0.25) is 5.91 Å². The molecule has 0 bridgehead atoms. The van der Waals surface area contributed by atoms with Gasteiger partial charge in [-0.25, -0.2) is 0 Å². The van der Waals surface area contributed by atoms with Gasteiger partial charge in [-0.05, 0) is 36.1 Å². The molecule has 0 fully saturated rings. The van der Waals surface area contributed by atoms with Crippen LogP contribution in [0.5, 0.6) is 0 Å². The van der Waals surface area contributed by atoms with E-state index in [0.29, 0.717) is 18.4 Å². The smallest absolute Gasteiger partial charge is 0.224 e. The van der Waals surface area contributed by atoms with Crippen LogP contribution in [-0.2, 0) is 11.2 Å². The fraction of sp³-hybridized carbons (Fsp3) is 0.588. The highest BCUT2D eigenvalue weighted by molar-refractivity contribution is 5.93. The van der Waals surface area contributed by atoms with Gasteiger partial charge < -0.3 is 10.6 Å². The second-order valence-corrected chi connectivity index (χ2v) is 5.58. The van der Waals surface area contributed by atoms with Gasteiger partial charge in [0.25, 0.3) is 0 Å². The molecule has 0 aliphatic carbocycles. The number of anilines is 1. The van der Waals surface area contributed by atoms with E-state index in [1.807, 2.05) is 0 Å². The lowest BCUT2D eigenvalue weighted by Crippen LogP contribution is -2.28. The number of nitrogens with one attached hydrogen (secondary N) is 2. The molecule has 1 aliphatic heterocycles. The van der Waals surface area contributed by atoms with Crippen LogP contribution in [-0.4, -0.2) is 12.5 Å². The molecule has 1 aromatic carbocycles. The fourth-order valence-corrected chi connectivity index (χ4v) is 3.13. The summed E-state index contributed by atoms with van der Waals surface area (Å²) in [6, 6.07) is 6.92. The fourth-order valence-electron chi connectivity index (χ4n) is 3.13. The zero-order valence-corrected chi connectivity index (χ0v) is 12.8. The molecule has 1 aromatic rings. The molecule has 0 aromatic heterocycles. The van der Waals surface area contributed by atoms with E-state index < -0.39 is 0 Å². The normalized spacial score (nSPS) is 15.9. The van der Waals surface area contributed by atoms with Crippen LogP contribution < -0.4 is 10.6 Å². The molecule has 110 valence electrons. The summed E-state index contributed by atoms with van der Waals surface area (Å²) in [5.74, 6) is 0.791. The summed E-state index contributed by atoms with van der Waals surface area (Å²) in [4.78, 5) is 11.4. The Balaban J connectivity index is 2.27. The maximum atomic E-state index is 11.4. The zero-order valence-electron chi connectivity index (χ0n) is 12.8. The van der Waals surface area contributed by atoms with Crippen molar-refractivity contribution in [3.8, 4) is 0 Å². The van der Waals surface area contributed by atoms with Crippen molar-refractivity contribution < 1.29 is 4.79 Å². The third-order valence-corrected chi connectivity index (χ3v) is 4.33. The molecule has 20 heavy (non-hydrogen) atoms.